The predicted octanol–water partition coefficient (Wildman–Crippen LogP) is 4.09. The molecule has 0 saturated heterocycles. The summed E-state index contributed by atoms with van der Waals surface area (Å²) in [5, 5.41) is 3.08. The molecule has 0 radical (unpaired) electrons. The first-order chi connectivity index (χ1) is 16.2. The van der Waals surface area contributed by atoms with E-state index in [9.17, 15) is 13.2 Å². The van der Waals surface area contributed by atoms with E-state index in [1.54, 1.807) is 14.2 Å². The molecule has 178 valence electrons. The number of nitrogens with one attached hydrogen (secondary N) is 2. The molecular weight excluding hydrogens is 452 g/mol. The van der Waals surface area contributed by atoms with Gasteiger partial charge in [-0.15, -0.1) is 0 Å². The topological polar surface area (TPSA) is 93.7 Å². The number of carbonyl (C=O) groups excluding carboxylic acids is 1. The molecule has 0 atom stereocenters. The number of hydrogen-bond acceptors (Lipinski definition) is 5. The molecule has 1 aliphatic rings. The third-order valence-corrected chi connectivity index (χ3v) is 6.74. The fourth-order valence-electron chi connectivity index (χ4n) is 3.96. The van der Waals surface area contributed by atoms with Crippen LogP contribution in [-0.2, 0) is 26.8 Å². The van der Waals surface area contributed by atoms with E-state index in [-0.39, 0.29) is 12.5 Å². The van der Waals surface area contributed by atoms with Crippen LogP contribution >= 0.6 is 0 Å². The second-order valence-electron chi connectivity index (χ2n) is 8.48. The van der Waals surface area contributed by atoms with Crippen LogP contribution < -0.4 is 19.5 Å². The van der Waals surface area contributed by atoms with Crippen molar-refractivity contribution in [2.45, 2.75) is 24.8 Å². The van der Waals surface area contributed by atoms with Gasteiger partial charge in [0.15, 0.2) is 11.5 Å². The molecule has 7 nitrogen and oxygen atoms in total. The molecule has 1 aliphatic carbocycles. The number of ether oxygens (including phenoxy) is 2. The van der Waals surface area contributed by atoms with Gasteiger partial charge in [-0.2, -0.15) is 0 Å². The number of carbonyl (C=O) groups is 1. The van der Waals surface area contributed by atoms with Gasteiger partial charge in [-0.05, 0) is 59.4 Å². The van der Waals surface area contributed by atoms with Crippen LogP contribution in [0, 0.1) is 0 Å². The van der Waals surface area contributed by atoms with Gasteiger partial charge >= 0.3 is 0 Å². The van der Waals surface area contributed by atoms with E-state index in [0.29, 0.717) is 11.5 Å². The van der Waals surface area contributed by atoms with Gasteiger partial charge in [-0.25, -0.2) is 13.1 Å². The van der Waals surface area contributed by atoms with Gasteiger partial charge in [0, 0.05) is 12.2 Å². The van der Waals surface area contributed by atoms with E-state index in [0.717, 1.165) is 47.0 Å². The maximum atomic E-state index is 13.3. The Kier molecular flexibility index (Phi) is 6.63. The van der Waals surface area contributed by atoms with Gasteiger partial charge < -0.3 is 14.8 Å². The summed E-state index contributed by atoms with van der Waals surface area (Å²) in [6.07, 6.45) is 2.69. The highest BCUT2D eigenvalue weighted by Gasteiger charge is 2.51. The number of anilines is 1. The molecule has 2 N–H and O–H groups in total. The Morgan fingerprint density at radius 2 is 1.62 bits per heavy atom. The largest absolute Gasteiger partial charge is 0.493 e. The first-order valence-corrected chi connectivity index (χ1v) is 12.8. The van der Waals surface area contributed by atoms with Crippen molar-refractivity contribution >= 4 is 21.6 Å². The van der Waals surface area contributed by atoms with Crippen molar-refractivity contribution in [3.05, 3.63) is 77.9 Å². The van der Waals surface area contributed by atoms with Gasteiger partial charge in [0.1, 0.15) is 0 Å². The quantitative estimate of drug-likeness (QED) is 0.481. The summed E-state index contributed by atoms with van der Waals surface area (Å²) in [5.41, 5.74) is 3.86. The van der Waals surface area contributed by atoms with E-state index in [4.69, 9.17) is 9.47 Å². The SMILES string of the molecule is COc1ccc(C2(C(=O)Nc3cccc(-c4ccc(CNS(C)(=O)=O)cc4)c3)CC2)cc1OC. The van der Waals surface area contributed by atoms with Gasteiger partial charge in [-0.3, -0.25) is 4.79 Å². The monoisotopic (exact) mass is 480 g/mol. The number of amides is 1. The Hall–Kier alpha value is -3.36. The molecule has 0 aromatic heterocycles. The highest BCUT2D eigenvalue weighted by atomic mass is 32.2. The van der Waals surface area contributed by atoms with Gasteiger partial charge in [-0.1, -0.05) is 42.5 Å². The molecule has 1 saturated carbocycles. The highest BCUT2D eigenvalue weighted by molar-refractivity contribution is 7.88. The van der Waals surface area contributed by atoms with Crippen molar-refractivity contribution in [3.63, 3.8) is 0 Å². The maximum Gasteiger partial charge on any atom is 0.235 e. The standard InChI is InChI=1S/C26H28N2O5S/c1-32-23-12-11-21(16-24(23)33-2)26(13-14-26)25(29)28-22-6-4-5-20(15-22)19-9-7-18(8-10-19)17-27-34(3,30)31/h4-12,15-16,27H,13-14,17H2,1-3H3,(H,28,29). The van der Waals surface area contributed by atoms with Crippen LogP contribution in [0.4, 0.5) is 5.69 Å². The Bertz CT molecular complexity index is 1300. The number of hydrogen-bond donors (Lipinski definition) is 2. The molecule has 0 heterocycles. The molecule has 1 amide bonds. The van der Waals surface area contributed by atoms with Crippen LogP contribution in [0.1, 0.15) is 24.0 Å². The van der Waals surface area contributed by atoms with Crippen LogP contribution in [0.25, 0.3) is 11.1 Å². The fraction of sp³-hybridized carbons (Fsp3) is 0.269. The number of sulfonamides is 1. The lowest BCUT2D eigenvalue weighted by Crippen LogP contribution is -2.27. The lowest BCUT2D eigenvalue weighted by molar-refractivity contribution is -0.118. The first kappa shape index (κ1) is 23.8. The average Bonchev–Trinajstić information content (AvgIpc) is 3.64. The second-order valence-corrected chi connectivity index (χ2v) is 10.3. The zero-order chi connectivity index (χ0) is 24.3. The average molecular weight is 481 g/mol. The van der Waals surface area contributed by atoms with Crippen LogP contribution in [0.5, 0.6) is 11.5 Å². The van der Waals surface area contributed by atoms with Gasteiger partial charge in [0.25, 0.3) is 0 Å². The molecule has 8 heteroatoms. The molecule has 3 aromatic rings. The normalized spacial score (nSPS) is 14.3. The molecule has 0 unspecified atom stereocenters. The lowest BCUT2D eigenvalue weighted by Gasteiger charge is -2.18. The van der Waals surface area contributed by atoms with E-state index in [2.05, 4.69) is 10.0 Å². The van der Waals surface area contributed by atoms with E-state index < -0.39 is 15.4 Å². The molecule has 1 fully saturated rings. The Labute approximate surface area is 200 Å². The van der Waals surface area contributed by atoms with Crippen molar-refractivity contribution in [2.75, 3.05) is 25.8 Å². The summed E-state index contributed by atoms with van der Waals surface area (Å²) in [4.78, 5) is 13.3. The summed E-state index contributed by atoms with van der Waals surface area (Å²) in [6, 6.07) is 21.0. The number of methoxy groups -OCH3 is 2. The zero-order valence-electron chi connectivity index (χ0n) is 19.4. The third kappa shape index (κ3) is 5.24. The maximum absolute atomic E-state index is 13.3. The van der Waals surface area contributed by atoms with E-state index in [1.165, 1.54) is 0 Å². The highest BCUT2D eigenvalue weighted by Crippen LogP contribution is 2.50. The summed E-state index contributed by atoms with van der Waals surface area (Å²) in [5.74, 6) is 1.20. The van der Waals surface area contributed by atoms with E-state index in [1.807, 2.05) is 66.7 Å². The molecule has 0 bridgehead atoms. The van der Waals surface area contributed by atoms with Crippen molar-refractivity contribution in [2.24, 2.45) is 0 Å². The van der Waals surface area contributed by atoms with Crippen LogP contribution in [0.2, 0.25) is 0 Å². The minimum absolute atomic E-state index is 0.0425. The van der Waals surface area contributed by atoms with Crippen molar-refractivity contribution in [1.82, 2.24) is 4.72 Å². The lowest BCUT2D eigenvalue weighted by atomic mass is 9.94. The summed E-state index contributed by atoms with van der Waals surface area (Å²) < 4.78 is 35.8. The summed E-state index contributed by atoms with van der Waals surface area (Å²) >= 11 is 0. The molecule has 0 aliphatic heterocycles. The molecule has 3 aromatic carbocycles. The Balaban J connectivity index is 1.49. The van der Waals surface area contributed by atoms with E-state index >= 15 is 0 Å². The van der Waals surface area contributed by atoms with Gasteiger partial charge in [0.05, 0.1) is 25.9 Å². The zero-order valence-corrected chi connectivity index (χ0v) is 20.2. The fourth-order valence-corrected chi connectivity index (χ4v) is 4.39. The van der Waals surface area contributed by atoms with Crippen molar-refractivity contribution in [1.29, 1.82) is 0 Å². The van der Waals surface area contributed by atoms with Crippen LogP contribution in [0.15, 0.2) is 66.7 Å². The smallest absolute Gasteiger partial charge is 0.235 e. The first-order valence-electron chi connectivity index (χ1n) is 10.9. The van der Waals surface area contributed by atoms with Crippen LogP contribution in [-0.4, -0.2) is 34.8 Å². The summed E-state index contributed by atoms with van der Waals surface area (Å²) in [7, 11) is -0.0676. The minimum Gasteiger partial charge on any atom is -0.493 e. The van der Waals surface area contributed by atoms with Gasteiger partial charge in [0.2, 0.25) is 15.9 Å². The Morgan fingerprint density at radius 1 is 0.912 bits per heavy atom. The Morgan fingerprint density at radius 3 is 2.24 bits per heavy atom. The van der Waals surface area contributed by atoms with Crippen molar-refractivity contribution < 1.29 is 22.7 Å². The predicted molar refractivity (Wildman–Crippen MR) is 133 cm³/mol. The third-order valence-electron chi connectivity index (χ3n) is 6.07. The molecule has 4 rings (SSSR count). The number of benzene rings is 3. The van der Waals surface area contributed by atoms with Crippen LogP contribution in [0.3, 0.4) is 0 Å². The number of rotatable bonds is 9. The minimum atomic E-state index is -3.24. The summed E-state index contributed by atoms with van der Waals surface area (Å²) in [6.45, 7) is 0.243. The second kappa shape index (κ2) is 9.48. The molecule has 0 spiro atoms. The van der Waals surface area contributed by atoms with Crippen molar-refractivity contribution in [3.8, 4) is 22.6 Å². The molecular formula is C26H28N2O5S. The molecule has 34 heavy (non-hydrogen) atoms.